The van der Waals surface area contributed by atoms with Crippen LogP contribution < -0.4 is 0 Å². The Morgan fingerprint density at radius 3 is 2.60 bits per heavy atom. The van der Waals surface area contributed by atoms with Gasteiger partial charge in [0.2, 0.25) is 0 Å². The maximum atomic E-state index is 13.1. The molecule has 2 heterocycles. The number of phenolic OH excluding ortho intramolecular Hbond substituents is 1. The lowest BCUT2D eigenvalue weighted by molar-refractivity contribution is -0.384. The number of hydrogen-bond donors (Lipinski definition) is 2. The molecule has 2 aromatic rings. The van der Waals surface area contributed by atoms with Gasteiger partial charge in [-0.25, -0.2) is 0 Å². The largest absolute Gasteiger partial charge is 0.507 e. The van der Waals surface area contributed by atoms with Gasteiger partial charge in [0.1, 0.15) is 11.5 Å². The maximum absolute atomic E-state index is 13.1. The summed E-state index contributed by atoms with van der Waals surface area (Å²) in [6.07, 6.45) is 0.543. The molecule has 0 bridgehead atoms. The molecule has 184 valence electrons. The number of aliphatic hydroxyl groups excluding tert-OH is 1. The first kappa shape index (κ1) is 24.6. The van der Waals surface area contributed by atoms with E-state index < -0.39 is 28.4 Å². The Kier molecular flexibility index (Phi) is 7.34. The molecule has 4 rings (SSSR count). The number of amides is 1. The third-order valence-electron chi connectivity index (χ3n) is 6.13. The van der Waals surface area contributed by atoms with Crippen molar-refractivity contribution in [2.45, 2.75) is 12.5 Å². The summed E-state index contributed by atoms with van der Waals surface area (Å²) in [4.78, 5) is 40.5. The predicted octanol–water partition coefficient (Wildman–Crippen LogP) is 3.10. The highest BCUT2D eigenvalue weighted by molar-refractivity contribution is 6.46. The number of nitro groups is 1. The van der Waals surface area contributed by atoms with Crippen molar-refractivity contribution in [2.75, 3.05) is 39.4 Å². The van der Waals surface area contributed by atoms with Crippen LogP contribution in [0.25, 0.3) is 5.76 Å². The molecule has 2 saturated heterocycles. The van der Waals surface area contributed by atoms with E-state index >= 15 is 0 Å². The Morgan fingerprint density at radius 2 is 1.89 bits per heavy atom. The Labute approximate surface area is 206 Å². The van der Waals surface area contributed by atoms with Gasteiger partial charge in [-0.2, -0.15) is 0 Å². The molecule has 0 radical (unpaired) electrons. The molecule has 1 atom stereocenters. The first-order valence-electron chi connectivity index (χ1n) is 11.1. The summed E-state index contributed by atoms with van der Waals surface area (Å²) in [5.41, 5.74) is -0.293. The van der Waals surface area contributed by atoms with Crippen LogP contribution in [-0.4, -0.2) is 76.0 Å². The highest BCUT2D eigenvalue weighted by atomic mass is 35.5. The molecule has 1 amide bonds. The number of nitro benzene ring substituents is 1. The van der Waals surface area contributed by atoms with Crippen LogP contribution in [0.15, 0.2) is 48.0 Å². The Bertz CT molecular complexity index is 1190. The third kappa shape index (κ3) is 5.14. The third-order valence-corrected chi connectivity index (χ3v) is 6.36. The Balaban J connectivity index is 1.74. The van der Waals surface area contributed by atoms with Crippen molar-refractivity contribution in [2.24, 2.45) is 0 Å². The number of halogens is 1. The molecule has 11 heteroatoms. The van der Waals surface area contributed by atoms with E-state index in [1.54, 1.807) is 6.07 Å². The summed E-state index contributed by atoms with van der Waals surface area (Å²) in [7, 11) is 0. The minimum absolute atomic E-state index is 0.112. The molecule has 0 aromatic heterocycles. The molecule has 0 unspecified atom stereocenters. The van der Waals surface area contributed by atoms with E-state index in [4.69, 9.17) is 16.3 Å². The monoisotopic (exact) mass is 501 g/mol. The number of benzene rings is 2. The molecule has 2 fully saturated rings. The van der Waals surface area contributed by atoms with Crippen LogP contribution in [0.5, 0.6) is 5.75 Å². The number of likely N-dealkylation sites (tertiary alicyclic amines) is 1. The fourth-order valence-corrected chi connectivity index (χ4v) is 4.57. The summed E-state index contributed by atoms with van der Waals surface area (Å²) in [6, 6.07) is 8.48. The molecule has 2 aromatic carbocycles. The number of carbonyl (C=O) groups is 2. The quantitative estimate of drug-likeness (QED) is 0.194. The Morgan fingerprint density at radius 1 is 1.14 bits per heavy atom. The molecule has 2 aliphatic rings. The number of Topliss-reactive ketones (excluding diaryl/α,β-unsaturated/α-hetero) is 1. The fourth-order valence-electron chi connectivity index (χ4n) is 4.40. The molecular formula is C24H24ClN3O7. The smallest absolute Gasteiger partial charge is 0.295 e. The van der Waals surface area contributed by atoms with Gasteiger partial charge in [0.05, 0.1) is 35.3 Å². The molecule has 0 aliphatic carbocycles. The van der Waals surface area contributed by atoms with Gasteiger partial charge < -0.3 is 19.8 Å². The number of ether oxygens (including phenoxy) is 1. The number of ketones is 1. The molecule has 10 nitrogen and oxygen atoms in total. The van der Waals surface area contributed by atoms with E-state index in [1.807, 2.05) is 0 Å². The summed E-state index contributed by atoms with van der Waals surface area (Å²) in [5, 5.41) is 32.9. The van der Waals surface area contributed by atoms with Gasteiger partial charge in [0.25, 0.3) is 17.4 Å². The molecule has 0 spiro atoms. The van der Waals surface area contributed by atoms with Gasteiger partial charge >= 0.3 is 0 Å². The summed E-state index contributed by atoms with van der Waals surface area (Å²) in [5.74, 6) is -2.70. The molecule has 35 heavy (non-hydrogen) atoms. The lowest BCUT2D eigenvalue weighted by Gasteiger charge is -2.29. The topological polar surface area (TPSA) is 133 Å². The van der Waals surface area contributed by atoms with E-state index in [1.165, 1.54) is 41.3 Å². The second-order valence-corrected chi connectivity index (χ2v) is 8.75. The van der Waals surface area contributed by atoms with E-state index in [9.17, 15) is 29.9 Å². The average Bonchev–Trinajstić information content (AvgIpc) is 3.11. The number of morpholine rings is 1. The SMILES string of the molecule is O=C1C(=O)N(CCCN2CCOCC2)[C@H](c2cccc([N+](=O)[O-])c2)C1=C(O)c1cc(Cl)ccc1O. The molecule has 2 N–H and O–H groups in total. The minimum Gasteiger partial charge on any atom is -0.507 e. The second-order valence-electron chi connectivity index (χ2n) is 8.31. The summed E-state index contributed by atoms with van der Waals surface area (Å²) < 4.78 is 5.35. The molecule has 2 aliphatic heterocycles. The summed E-state index contributed by atoms with van der Waals surface area (Å²) in [6.45, 7) is 3.64. The number of carbonyl (C=O) groups excluding carboxylic acids is 2. The van der Waals surface area contributed by atoms with Crippen LogP contribution in [0.4, 0.5) is 5.69 Å². The number of rotatable bonds is 7. The number of aromatic hydroxyl groups is 1. The first-order chi connectivity index (χ1) is 16.8. The van der Waals surface area contributed by atoms with Crippen LogP contribution in [0.2, 0.25) is 5.02 Å². The van der Waals surface area contributed by atoms with E-state index in [-0.39, 0.29) is 34.1 Å². The van der Waals surface area contributed by atoms with Crippen molar-refractivity contribution in [3.8, 4) is 5.75 Å². The number of nitrogens with zero attached hydrogens (tertiary/aromatic N) is 3. The fraction of sp³-hybridized carbons (Fsp3) is 0.333. The van der Waals surface area contributed by atoms with E-state index in [0.29, 0.717) is 31.7 Å². The standard InChI is InChI=1S/C24H24ClN3O7/c25-16-5-6-19(29)18(14-16)22(30)20-21(15-3-1-4-17(13-15)28(33)34)27(24(32)23(20)31)8-2-7-26-9-11-35-12-10-26/h1,3-6,13-14,21,29-30H,2,7-12H2/t21-/m1/s1. The van der Waals surface area contributed by atoms with E-state index in [0.717, 1.165) is 13.1 Å². The molecular weight excluding hydrogens is 478 g/mol. The van der Waals surface area contributed by atoms with Gasteiger partial charge in [-0.05, 0) is 30.2 Å². The Hall–Kier alpha value is -3.47. The van der Waals surface area contributed by atoms with E-state index in [2.05, 4.69) is 4.90 Å². The van der Waals surface area contributed by atoms with Gasteiger partial charge in [-0.15, -0.1) is 0 Å². The van der Waals surface area contributed by atoms with Gasteiger partial charge in [-0.1, -0.05) is 23.7 Å². The molecule has 0 saturated carbocycles. The maximum Gasteiger partial charge on any atom is 0.295 e. The van der Waals surface area contributed by atoms with Gasteiger partial charge in [0.15, 0.2) is 0 Å². The minimum atomic E-state index is -1.07. The zero-order valence-electron chi connectivity index (χ0n) is 18.7. The van der Waals surface area contributed by atoms with Crippen molar-refractivity contribution < 1.29 is 29.5 Å². The zero-order chi connectivity index (χ0) is 25.1. The number of phenols is 1. The predicted molar refractivity (Wildman–Crippen MR) is 127 cm³/mol. The first-order valence-corrected chi connectivity index (χ1v) is 11.5. The van der Waals surface area contributed by atoms with Crippen molar-refractivity contribution in [1.29, 1.82) is 0 Å². The van der Waals surface area contributed by atoms with Crippen molar-refractivity contribution >= 4 is 34.7 Å². The van der Waals surface area contributed by atoms with Crippen molar-refractivity contribution in [3.05, 3.63) is 74.3 Å². The van der Waals surface area contributed by atoms with Gasteiger partial charge in [0, 0.05) is 43.3 Å². The van der Waals surface area contributed by atoms with Crippen LogP contribution in [-0.2, 0) is 14.3 Å². The second kappa shape index (κ2) is 10.4. The average molecular weight is 502 g/mol. The number of aliphatic hydroxyl groups is 1. The highest BCUT2D eigenvalue weighted by Crippen LogP contribution is 2.42. The van der Waals surface area contributed by atoms with Crippen molar-refractivity contribution in [3.63, 3.8) is 0 Å². The zero-order valence-corrected chi connectivity index (χ0v) is 19.5. The number of hydrogen-bond acceptors (Lipinski definition) is 8. The van der Waals surface area contributed by atoms with Crippen LogP contribution in [0, 0.1) is 10.1 Å². The van der Waals surface area contributed by atoms with Crippen LogP contribution in [0.3, 0.4) is 0 Å². The lowest BCUT2D eigenvalue weighted by atomic mass is 9.94. The highest BCUT2D eigenvalue weighted by Gasteiger charge is 2.46. The summed E-state index contributed by atoms with van der Waals surface area (Å²) >= 11 is 6.02. The van der Waals surface area contributed by atoms with Crippen LogP contribution >= 0.6 is 11.6 Å². The van der Waals surface area contributed by atoms with Crippen LogP contribution in [0.1, 0.15) is 23.6 Å². The van der Waals surface area contributed by atoms with Gasteiger partial charge in [-0.3, -0.25) is 24.6 Å². The number of non-ortho nitro benzene ring substituents is 1. The van der Waals surface area contributed by atoms with Crippen molar-refractivity contribution in [1.82, 2.24) is 9.80 Å². The lowest BCUT2D eigenvalue weighted by Crippen LogP contribution is -2.39. The normalized spacial score (nSPS) is 20.4.